The van der Waals surface area contributed by atoms with Gasteiger partial charge in [0.2, 0.25) is 0 Å². The van der Waals surface area contributed by atoms with Crippen LogP contribution in [0.15, 0.2) is 15.2 Å². The van der Waals surface area contributed by atoms with E-state index in [0.29, 0.717) is 0 Å². The molecule has 0 aromatic carbocycles. The summed E-state index contributed by atoms with van der Waals surface area (Å²) in [6, 6.07) is 0. The lowest BCUT2D eigenvalue weighted by Crippen LogP contribution is -2.29. The van der Waals surface area contributed by atoms with E-state index in [1.165, 1.54) is 0 Å². The topological polar surface area (TPSA) is 26.0 Å². The summed E-state index contributed by atoms with van der Waals surface area (Å²) in [6.45, 7) is 3.78. The molecule has 1 nitrogen and oxygen atoms in total. The highest BCUT2D eigenvalue weighted by molar-refractivity contribution is 9.10. The molecule has 1 aromatic rings. The smallest absolute Gasteiger partial charge is 0.0722 e. The first kappa shape index (κ1) is 9.79. The van der Waals surface area contributed by atoms with Gasteiger partial charge in [-0.15, -0.1) is 11.3 Å². The Hall–Kier alpha value is -0.300. The molecule has 0 unspecified atom stereocenters. The number of hydrogen-bond donors (Lipinski definition) is 1. The lowest BCUT2D eigenvalue weighted by molar-refractivity contribution is 0.680. The van der Waals surface area contributed by atoms with Gasteiger partial charge < -0.3 is 5.73 Å². The predicted octanol–water partition coefficient (Wildman–Crippen LogP) is 2.60. The highest BCUT2D eigenvalue weighted by Crippen LogP contribution is 2.20. The highest BCUT2D eigenvalue weighted by atomic mass is 79.9. The van der Waals surface area contributed by atoms with Crippen LogP contribution in [-0.4, -0.2) is 5.54 Å². The second kappa shape index (κ2) is 3.61. The first-order valence-corrected chi connectivity index (χ1v) is 5.26. The molecule has 0 amide bonds. The summed E-state index contributed by atoms with van der Waals surface area (Å²) < 4.78 is 1.05. The molecule has 0 aliphatic rings. The summed E-state index contributed by atoms with van der Waals surface area (Å²) in [6.07, 6.45) is 0. The molecule has 0 aliphatic carbocycles. The molecule has 2 N–H and O–H groups in total. The maximum Gasteiger partial charge on any atom is 0.0722 e. The van der Waals surface area contributed by atoms with E-state index < -0.39 is 5.54 Å². The average molecular weight is 244 g/mol. The minimum Gasteiger partial charge on any atom is -0.316 e. The first-order valence-electron chi connectivity index (χ1n) is 3.53. The van der Waals surface area contributed by atoms with Gasteiger partial charge in [-0.05, 0) is 29.8 Å². The number of rotatable bonds is 0. The fraction of sp³-hybridized carbons (Fsp3) is 0.333. The van der Waals surface area contributed by atoms with Crippen molar-refractivity contribution in [2.24, 2.45) is 5.73 Å². The van der Waals surface area contributed by atoms with E-state index in [0.717, 1.165) is 10.0 Å². The summed E-state index contributed by atoms with van der Waals surface area (Å²) in [5.74, 6) is 5.99. The molecule has 3 heteroatoms. The van der Waals surface area contributed by atoms with Crippen molar-refractivity contribution in [1.29, 1.82) is 0 Å². The Kier molecular flexibility index (Phi) is 2.94. The molecule has 1 heterocycles. The fourth-order valence-electron chi connectivity index (χ4n) is 0.599. The van der Waals surface area contributed by atoms with Gasteiger partial charge in [0.25, 0.3) is 0 Å². The van der Waals surface area contributed by atoms with Crippen molar-refractivity contribution in [2.75, 3.05) is 0 Å². The Morgan fingerprint density at radius 1 is 1.50 bits per heavy atom. The molecule has 1 aromatic heterocycles. The molecular weight excluding hydrogens is 234 g/mol. The molecule has 0 saturated carbocycles. The predicted molar refractivity (Wildman–Crippen MR) is 57.2 cm³/mol. The van der Waals surface area contributed by atoms with E-state index in [2.05, 4.69) is 27.8 Å². The molecular formula is C9H10BrNS. The minimum atomic E-state index is -0.415. The largest absolute Gasteiger partial charge is 0.316 e. The van der Waals surface area contributed by atoms with E-state index in [9.17, 15) is 0 Å². The molecule has 64 valence electrons. The van der Waals surface area contributed by atoms with E-state index in [1.807, 2.05) is 24.6 Å². The fourth-order valence-corrected chi connectivity index (χ4v) is 1.92. The minimum absolute atomic E-state index is 0.415. The van der Waals surface area contributed by atoms with Crippen LogP contribution in [0.5, 0.6) is 0 Å². The maximum atomic E-state index is 5.72. The third-order valence-electron chi connectivity index (χ3n) is 1.13. The van der Waals surface area contributed by atoms with Crippen molar-refractivity contribution >= 4 is 27.3 Å². The summed E-state index contributed by atoms with van der Waals surface area (Å²) in [4.78, 5) is 0. The van der Waals surface area contributed by atoms with Gasteiger partial charge in [-0.25, -0.2) is 0 Å². The van der Waals surface area contributed by atoms with Gasteiger partial charge in [-0.3, -0.25) is 0 Å². The molecule has 0 aliphatic heterocycles. The molecule has 0 bridgehead atoms. The number of hydrogen-bond acceptors (Lipinski definition) is 2. The van der Waals surface area contributed by atoms with Gasteiger partial charge in [-0.1, -0.05) is 11.8 Å². The van der Waals surface area contributed by atoms with E-state index in [1.54, 1.807) is 11.3 Å². The number of nitrogens with two attached hydrogens (primary N) is 1. The highest BCUT2D eigenvalue weighted by Gasteiger charge is 2.04. The van der Waals surface area contributed by atoms with Crippen LogP contribution in [-0.2, 0) is 0 Å². The monoisotopic (exact) mass is 243 g/mol. The second-order valence-corrected chi connectivity index (χ2v) is 4.70. The van der Waals surface area contributed by atoms with Gasteiger partial charge >= 0.3 is 0 Å². The van der Waals surface area contributed by atoms with Gasteiger partial charge in [0.1, 0.15) is 0 Å². The lowest BCUT2D eigenvalue weighted by Gasteiger charge is -2.07. The average Bonchev–Trinajstić information content (AvgIpc) is 2.29. The molecule has 0 fully saturated rings. The van der Waals surface area contributed by atoms with Crippen molar-refractivity contribution in [3.05, 3.63) is 20.8 Å². The van der Waals surface area contributed by atoms with Gasteiger partial charge in [0.05, 0.1) is 5.54 Å². The van der Waals surface area contributed by atoms with Crippen LogP contribution >= 0.6 is 27.3 Å². The molecule has 1 rings (SSSR count). The van der Waals surface area contributed by atoms with Gasteiger partial charge in [-0.2, -0.15) is 0 Å². The van der Waals surface area contributed by atoms with Gasteiger partial charge in [0, 0.05) is 20.8 Å². The Morgan fingerprint density at radius 2 is 2.17 bits per heavy atom. The summed E-state index contributed by atoms with van der Waals surface area (Å²) in [5.41, 5.74) is 6.31. The first-order chi connectivity index (χ1) is 5.49. The SMILES string of the molecule is CC(C)(N)C#Cc1cscc1Br. The molecule has 0 atom stereocenters. The summed E-state index contributed by atoms with van der Waals surface area (Å²) in [5, 5.41) is 4.01. The quantitative estimate of drug-likeness (QED) is 0.697. The molecule has 0 spiro atoms. The maximum absolute atomic E-state index is 5.72. The van der Waals surface area contributed by atoms with Crippen LogP contribution < -0.4 is 5.73 Å². The van der Waals surface area contributed by atoms with Crippen LogP contribution in [0.25, 0.3) is 0 Å². The summed E-state index contributed by atoms with van der Waals surface area (Å²) >= 11 is 5.03. The van der Waals surface area contributed by atoms with Crippen LogP contribution in [0, 0.1) is 11.8 Å². The van der Waals surface area contributed by atoms with Crippen molar-refractivity contribution in [2.45, 2.75) is 19.4 Å². The Labute approximate surface area is 85.1 Å². The third kappa shape index (κ3) is 2.98. The zero-order valence-corrected chi connectivity index (χ0v) is 9.42. The molecule has 0 radical (unpaired) electrons. The lowest BCUT2D eigenvalue weighted by atomic mass is 10.1. The van der Waals surface area contributed by atoms with Crippen molar-refractivity contribution < 1.29 is 0 Å². The Morgan fingerprint density at radius 3 is 2.58 bits per heavy atom. The van der Waals surface area contributed by atoms with E-state index in [-0.39, 0.29) is 0 Å². The zero-order chi connectivity index (χ0) is 9.19. The number of halogens is 1. The standard InChI is InChI=1S/C9H10BrNS/c1-9(2,11)4-3-7-5-12-6-8(7)10/h5-6H,11H2,1-2H3. The number of thiophene rings is 1. The third-order valence-corrected chi connectivity index (χ3v) is 2.84. The van der Waals surface area contributed by atoms with Crippen LogP contribution in [0.4, 0.5) is 0 Å². The molecule has 0 saturated heterocycles. The van der Waals surface area contributed by atoms with Crippen molar-refractivity contribution in [3.8, 4) is 11.8 Å². The van der Waals surface area contributed by atoms with Gasteiger partial charge in [0.15, 0.2) is 0 Å². The second-order valence-electron chi connectivity index (χ2n) is 3.11. The normalized spacial score (nSPS) is 10.7. The van der Waals surface area contributed by atoms with Crippen molar-refractivity contribution in [1.82, 2.24) is 0 Å². The van der Waals surface area contributed by atoms with Crippen molar-refractivity contribution in [3.63, 3.8) is 0 Å². The molecule has 12 heavy (non-hydrogen) atoms. The van der Waals surface area contributed by atoms with Crippen LogP contribution in [0.2, 0.25) is 0 Å². The van der Waals surface area contributed by atoms with Crippen LogP contribution in [0.1, 0.15) is 19.4 Å². The Bertz CT molecular complexity index is 324. The van der Waals surface area contributed by atoms with Crippen LogP contribution in [0.3, 0.4) is 0 Å². The van der Waals surface area contributed by atoms with E-state index in [4.69, 9.17) is 5.73 Å². The van der Waals surface area contributed by atoms with E-state index >= 15 is 0 Å². The zero-order valence-electron chi connectivity index (χ0n) is 7.02. The summed E-state index contributed by atoms with van der Waals surface area (Å²) in [7, 11) is 0. The Balaban J connectivity index is 2.87.